The molecule has 6 nitrogen and oxygen atoms in total. The first-order valence-corrected chi connectivity index (χ1v) is 9.10. The molecule has 1 atom stereocenters. The minimum atomic E-state index is -0.250. The second-order valence-corrected chi connectivity index (χ2v) is 7.29. The Bertz CT molecular complexity index is 880. The van der Waals surface area contributed by atoms with Crippen molar-refractivity contribution in [3.63, 3.8) is 0 Å². The van der Waals surface area contributed by atoms with Gasteiger partial charge in [-0.2, -0.15) is 5.10 Å². The molecular weight excluding hydrogens is 316 g/mol. The molecule has 1 fully saturated rings. The van der Waals surface area contributed by atoms with Crippen molar-refractivity contribution in [1.82, 2.24) is 19.7 Å². The Hall–Kier alpha value is -2.37. The Labute approximate surface area is 146 Å². The molecule has 6 heteroatoms. The van der Waals surface area contributed by atoms with Gasteiger partial charge >= 0.3 is 0 Å². The Balaban J connectivity index is 1.56. The van der Waals surface area contributed by atoms with E-state index in [1.807, 2.05) is 24.6 Å². The minimum absolute atomic E-state index is 0.154. The Kier molecular flexibility index (Phi) is 3.98. The summed E-state index contributed by atoms with van der Waals surface area (Å²) in [7, 11) is 0. The summed E-state index contributed by atoms with van der Waals surface area (Å²) in [5.74, 6) is -0.154. The molecule has 0 radical (unpaired) electrons. The number of H-pyrrole nitrogens is 1. The number of pyridine rings is 1. The molecule has 1 saturated heterocycles. The van der Waals surface area contributed by atoms with Crippen LogP contribution in [0.15, 0.2) is 16.9 Å². The molecule has 0 saturated carbocycles. The van der Waals surface area contributed by atoms with Crippen LogP contribution in [0, 0.1) is 13.8 Å². The van der Waals surface area contributed by atoms with E-state index >= 15 is 0 Å². The molecule has 0 bridgehead atoms. The summed E-state index contributed by atoms with van der Waals surface area (Å²) in [5.41, 5.74) is 4.28. The zero-order valence-electron chi connectivity index (χ0n) is 14.8. The number of nitrogens with one attached hydrogen (secondary N) is 1. The number of aryl methyl sites for hydroxylation is 4. The van der Waals surface area contributed by atoms with Gasteiger partial charge in [-0.3, -0.25) is 14.3 Å². The zero-order valence-corrected chi connectivity index (χ0v) is 14.8. The fourth-order valence-corrected chi connectivity index (χ4v) is 4.15. The van der Waals surface area contributed by atoms with E-state index in [0.717, 1.165) is 54.7 Å². The number of likely N-dealkylation sites (tertiary alicyclic amines) is 1. The lowest BCUT2D eigenvalue weighted by molar-refractivity contribution is 0.0785. The molecule has 1 N–H and O–H groups in total. The Morgan fingerprint density at radius 3 is 2.80 bits per heavy atom. The number of aromatic amines is 1. The molecule has 3 heterocycles. The number of carbonyl (C=O) groups excluding carboxylic acids is 1. The molecule has 4 rings (SSSR count). The average Bonchev–Trinajstić information content (AvgIpc) is 3.20. The first-order valence-electron chi connectivity index (χ1n) is 9.10. The summed E-state index contributed by atoms with van der Waals surface area (Å²) in [6, 6.07) is 4.07. The van der Waals surface area contributed by atoms with E-state index in [9.17, 15) is 9.59 Å². The highest BCUT2D eigenvalue weighted by Crippen LogP contribution is 2.25. The van der Waals surface area contributed by atoms with Crippen LogP contribution in [0.3, 0.4) is 0 Å². The number of rotatable bonds is 2. The van der Waals surface area contributed by atoms with Crippen LogP contribution < -0.4 is 5.56 Å². The highest BCUT2D eigenvalue weighted by molar-refractivity contribution is 5.94. The van der Waals surface area contributed by atoms with Crippen molar-refractivity contribution in [3.05, 3.63) is 50.7 Å². The van der Waals surface area contributed by atoms with Crippen LogP contribution in [-0.2, 0) is 12.8 Å². The SMILES string of the molecule is Cc1cc(C)n([C@@H]2CCN(C(=O)c3cc4c([nH]c3=O)CCCC4)C2)n1. The maximum absolute atomic E-state index is 12.9. The van der Waals surface area contributed by atoms with Crippen LogP contribution in [0.4, 0.5) is 0 Å². The quantitative estimate of drug-likeness (QED) is 0.911. The van der Waals surface area contributed by atoms with Gasteiger partial charge in [0.2, 0.25) is 0 Å². The molecule has 2 aromatic heterocycles. The van der Waals surface area contributed by atoms with E-state index in [2.05, 4.69) is 16.1 Å². The van der Waals surface area contributed by atoms with E-state index in [0.29, 0.717) is 13.1 Å². The van der Waals surface area contributed by atoms with Gasteiger partial charge in [0, 0.05) is 24.5 Å². The van der Waals surface area contributed by atoms with E-state index < -0.39 is 0 Å². The number of aromatic nitrogens is 3. The first-order chi connectivity index (χ1) is 12.0. The third-order valence-electron chi connectivity index (χ3n) is 5.41. The lowest BCUT2D eigenvalue weighted by Crippen LogP contribution is -2.34. The van der Waals surface area contributed by atoms with Crippen LogP contribution in [-0.4, -0.2) is 38.7 Å². The molecule has 132 valence electrons. The summed E-state index contributed by atoms with van der Waals surface area (Å²) in [6.45, 7) is 5.29. The van der Waals surface area contributed by atoms with E-state index in [-0.39, 0.29) is 23.1 Å². The van der Waals surface area contributed by atoms with Gasteiger partial charge in [0.15, 0.2) is 0 Å². The van der Waals surface area contributed by atoms with Crippen molar-refractivity contribution in [2.24, 2.45) is 0 Å². The number of carbonyl (C=O) groups is 1. The summed E-state index contributed by atoms with van der Waals surface area (Å²) >= 11 is 0. The van der Waals surface area contributed by atoms with Gasteiger partial charge in [-0.25, -0.2) is 0 Å². The van der Waals surface area contributed by atoms with Gasteiger partial charge in [-0.1, -0.05) is 0 Å². The zero-order chi connectivity index (χ0) is 17.6. The van der Waals surface area contributed by atoms with Gasteiger partial charge in [0.25, 0.3) is 11.5 Å². The second kappa shape index (κ2) is 6.17. The maximum atomic E-state index is 12.9. The van der Waals surface area contributed by atoms with Crippen molar-refractivity contribution in [1.29, 1.82) is 0 Å². The normalized spacial score (nSPS) is 19.9. The first kappa shape index (κ1) is 16.1. The van der Waals surface area contributed by atoms with Crippen LogP contribution >= 0.6 is 0 Å². The van der Waals surface area contributed by atoms with Gasteiger partial charge in [-0.05, 0) is 63.6 Å². The lowest BCUT2D eigenvalue weighted by atomic mass is 9.95. The summed E-state index contributed by atoms with van der Waals surface area (Å²) in [6.07, 6.45) is 4.95. The van der Waals surface area contributed by atoms with Crippen molar-refractivity contribution in [3.8, 4) is 0 Å². The summed E-state index contributed by atoms with van der Waals surface area (Å²) in [5, 5.41) is 4.54. The van der Waals surface area contributed by atoms with Crippen molar-refractivity contribution in [2.75, 3.05) is 13.1 Å². The van der Waals surface area contributed by atoms with Crippen molar-refractivity contribution >= 4 is 5.91 Å². The third-order valence-corrected chi connectivity index (χ3v) is 5.41. The van der Waals surface area contributed by atoms with Gasteiger partial charge < -0.3 is 9.88 Å². The van der Waals surface area contributed by atoms with Gasteiger partial charge in [0.05, 0.1) is 11.7 Å². The molecule has 1 aliphatic carbocycles. The minimum Gasteiger partial charge on any atom is -0.336 e. The molecule has 25 heavy (non-hydrogen) atoms. The average molecular weight is 340 g/mol. The van der Waals surface area contributed by atoms with Crippen LogP contribution in [0.2, 0.25) is 0 Å². The Morgan fingerprint density at radius 1 is 1.24 bits per heavy atom. The standard InChI is InChI=1S/C19H24N4O2/c1-12-9-13(2)23(21-12)15-7-8-22(11-15)19(25)16-10-14-5-3-4-6-17(14)20-18(16)24/h9-10,15H,3-8,11H2,1-2H3,(H,20,24)/t15-/m1/s1. The Morgan fingerprint density at radius 2 is 2.04 bits per heavy atom. The molecule has 0 spiro atoms. The van der Waals surface area contributed by atoms with E-state index in [1.165, 1.54) is 0 Å². The fraction of sp³-hybridized carbons (Fsp3) is 0.526. The lowest BCUT2D eigenvalue weighted by Gasteiger charge is -2.19. The number of hydrogen-bond acceptors (Lipinski definition) is 3. The van der Waals surface area contributed by atoms with Crippen LogP contribution in [0.1, 0.15) is 58.3 Å². The monoisotopic (exact) mass is 340 g/mol. The number of fused-ring (bicyclic) bond motifs is 1. The van der Waals surface area contributed by atoms with Crippen molar-refractivity contribution < 1.29 is 4.79 Å². The van der Waals surface area contributed by atoms with Crippen LogP contribution in [0.5, 0.6) is 0 Å². The number of nitrogens with zero attached hydrogens (tertiary/aromatic N) is 3. The topological polar surface area (TPSA) is 71.0 Å². The molecule has 0 aromatic carbocycles. The fourth-order valence-electron chi connectivity index (χ4n) is 4.15. The maximum Gasteiger partial charge on any atom is 0.261 e. The second-order valence-electron chi connectivity index (χ2n) is 7.29. The highest BCUT2D eigenvalue weighted by Gasteiger charge is 2.31. The summed E-state index contributed by atoms with van der Waals surface area (Å²) < 4.78 is 2.01. The van der Waals surface area contributed by atoms with E-state index in [1.54, 1.807) is 4.90 Å². The third kappa shape index (κ3) is 2.90. The molecule has 2 aromatic rings. The predicted octanol–water partition coefficient (Wildman–Crippen LogP) is 2.15. The molecule has 0 unspecified atom stereocenters. The molecule has 2 aliphatic rings. The van der Waals surface area contributed by atoms with Gasteiger partial charge in [0.1, 0.15) is 5.56 Å². The van der Waals surface area contributed by atoms with E-state index in [4.69, 9.17) is 0 Å². The smallest absolute Gasteiger partial charge is 0.261 e. The highest BCUT2D eigenvalue weighted by atomic mass is 16.2. The van der Waals surface area contributed by atoms with Crippen LogP contribution in [0.25, 0.3) is 0 Å². The molecular formula is C19H24N4O2. The molecule has 1 amide bonds. The summed E-state index contributed by atoms with van der Waals surface area (Å²) in [4.78, 5) is 30.0. The van der Waals surface area contributed by atoms with Crippen molar-refractivity contribution in [2.45, 2.75) is 52.0 Å². The van der Waals surface area contributed by atoms with Gasteiger partial charge in [-0.15, -0.1) is 0 Å². The number of amides is 1. The number of hydrogen-bond donors (Lipinski definition) is 1. The predicted molar refractivity (Wildman–Crippen MR) is 95.0 cm³/mol. The largest absolute Gasteiger partial charge is 0.336 e. The molecule has 1 aliphatic heterocycles.